The number of benzene rings is 6. The van der Waals surface area contributed by atoms with Crippen LogP contribution in [0.25, 0.3) is 53.2 Å². The van der Waals surface area contributed by atoms with Gasteiger partial charge in [-0.25, -0.2) is 0 Å². The summed E-state index contributed by atoms with van der Waals surface area (Å²) in [5, 5.41) is 4.81. The monoisotopic (exact) mass is 557 g/mol. The molecule has 0 N–H and O–H groups in total. The van der Waals surface area contributed by atoms with E-state index in [2.05, 4.69) is 140 Å². The first-order valence-electron chi connectivity index (χ1n) is 14.4. The summed E-state index contributed by atoms with van der Waals surface area (Å²) in [6.45, 7) is 4.67. The van der Waals surface area contributed by atoms with Gasteiger partial charge in [-0.2, -0.15) is 0 Å². The Balaban J connectivity index is 1.30. The molecule has 0 saturated carbocycles. The average molecular weight is 558 g/mol. The molecular formula is C39H27NOS. The summed E-state index contributed by atoms with van der Waals surface area (Å²) in [4.78, 5) is 2.43. The first kappa shape index (κ1) is 23.8. The molecule has 0 spiro atoms. The van der Waals surface area contributed by atoms with E-state index in [0.29, 0.717) is 0 Å². The van der Waals surface area contributed by atoms with Crippen molar-refractivity contribution in [3.63, 3.8) is 0 Å². The zero-order valence-electron chi connectivity index (χ0n) is 23.4. The molecule has 0 fully saturated rings. The van der Waals surface area contributed by atoms with E-state index in [0.717, 1.165) is 16.9 Å². The fourth-order valence-electron chi connectivity index (χ4n) is 7.09. The molecule has 0 saturated heterocycles. The quantitative estimate of drug-likeness (QED) is 0.210. The van der Waals surface area contributed by atoms with Gasteiger partial charge in [0.1, 0.15) is 11.2 Å². The van der Waals surface area contributed by atoms with Crippen molar-refractivity contribution >= 4 is 70.5 Å². The van der Waals surface area contributed by atoms with E-state index in [1.165, 1.54) is 64.6 Å². The number of fused-ring (bicyclic) bond motifs is 9. The Labute approximate surface area is 248 Å². The third-order valence-electron chi connectivity index (χ3n) is 9.06. The van der Waals surface area contributed by atoms with Crippen LogP contribution in [0, 0.1) is 0 Å². The normalized spacial score (nSPS) is 14.1. The maximum absolute atomic E-state index is 6.54. The van der Waals surface area contributed by atoms with Crippen LogP contribution < -0.4 is 4.90 Å². The second-order valence-electron chi connectivity index (χ2n) is 11.7. The molecule has 3 heterocycles. The molecule has 0 unspecified atom stereocenters. The van der Waals surface area contributed by atoms with Crippen molar-refractivity contribution in [1.82, 2.24) is 0 Å². The summed E-state index contributed by atoms with van der Waals surface area (Å²) in [5.41, 5.74) is 10.6. The Morgan fingerprint density at radius 2 is 1.29 bits per heavy atom. The van der Waals surface area contributed by atoms with Crippen molar-refractivity contribution in [2.24, 2.45) is 0 Å². The Kier molecular flexibility index (Phi) is 4.86. The van der Waals surface area contributed by atoms with Gasteiger partial charge >= 0.3 is 0 Å². The molecule has 1 aliphatic rings. The van der Waals surface area contributed by atoms with E-state index in [-0.39, 0.29) is 5.41 Å². The maximum Gasteiger partial charge on any atom is 0.144 e. The molecule has 0 bridgehead atoms. The number of hydrogen-bond donors (Lipinski definition) is 0. The van der Waals surface area contributed by atoms with Crippen LogP contribution in [0.5, 0.6) is 0 Å². The SMILES string of the molecule is CC1(C)c2ccccc2N(c2cccc(-c3cccc4sc5ccc6c7ccccc7oc6c5c34)c2)c2ccccc21. The van der Waals surface area contributed by atoms with E-state index in [4.69, 9.17) is 4.42 Å². The summed E-state index contributed by atoms with van der Waals surface area (Å²) < 4.78 is 9.06. The maximum atomic E-state index is 6.54. The number of hydrogen-bond acceptors (Lipinski definition) is 3. The van der Waals surface area contributed by atoms with Gasteiger partial charge in [-0.3, -0.25) is 0 Å². The largest absolute Gasteiger partial charge is 0.455 e. The molecular weight excluding hydrogens is 531 g/mol. The average Bonchev–Trinajstić information content (AvgIpc) is 3.60. The van der Waals surface area contributed by atoms with Crippen molar-refractivity contribution in [1.29, 1.82) is 0 Å². The van der Waals surface area contributed by atoms with Crippen LogP contribution >= 0.6 is 11.3 Å². The summed E-state index contributed by atoms with van der Waals surface area (Å²) >= 11 is 1.84. The summed E-state index contributed by atoms with van der Waals surface area (Å²) in [7, 11) is 0. The van der Waals surface area contributed by atoms with Gasteiger partial charge < -0.3 is 9.32 Å². The molecule has 3 heteroatoms. The fraction of sp³-hybridized carbons (Fsp3) is 0.0769. The molecule has 8 aromatic rings. The number of anilines is 3. The molecule has 9 rings (SSSR count). The lowest BCUT2D eigenvalue weighted by Gasteiger charge is -2.42. The van der Waals surface area contributed by atoms with Crippen LogP contribution in [-0.4, -0.2) is 0 Å². The van der Waals surface area contributed by atoms with E-state index in [1.807, 2.05) is 17.4 Å². The molecule has 6 aromatic carbocycles. The van der Waals surface area contributed by atoms with Crippen LogP contribution in [0.4, 0.5) is 17.1 Å². The van der Waals surface area contributed by atoms with E-state index >= 15 is 0 Å². The number of rotatable bonds is 2. The molecule has 1 aliphatic heterocycles. The predicted octanol–water partition coefficient (Wildman–Crippen LogP) is 11.7. The summed E-state index contributed by atoms with van der Waals surface area (Å²) in [6.07, 6.45) is 0. The smallest absolute Gasteiger partial charge is 0.144 e. The van der Waals surface area contributed by atoms with Gasteiger partial charge in [0.15, 0.2) is 0 Å². The third-order valence-corrected chi connectivity index (χ3v) is 10.2. The lowest BCUT2D eigenvalue weighted by molar-refractivity contribution is 0.632. The van der Waals surface area contributed by atoms with Gasteiger partial charge in [0, 0.05) is 42.0 Å². The summed E-state index contributed by atoms with van der Waals surface area (Å²) in [6, 6.07) is 46.2. The Morgan fingerprint density at radius 3 is 2.10 bits per heavy atom. The zero-order chi connectivity index (χ0) is 28.0. The van der Waals surface area contributed by atoms with Crippen LogP contribution in [0.2, 0.25) is 0 Å². The van der Waals surface area contributed by atoms with Crippen LogP contribution in [0.15, 0.2) is 132 Å². The molecule has 0 atom stereocenters. The van der Waals surface area contributed by atoms with Crippen molar-refractivity contribution in [2.45, 2.75) is 19.3 Å². The lowest BCUT2D eigenvalue weighted by Crippen LogP contribution is -2.30. The Morgan fingerprint density at radius 1 is 0.595 bits per heavy atom. The second-order valence-corrected chi connectivity index (χ2v) is 12.8. The topological polar surface area (TPSA) is 16.4 Å². The zero-order valence-corrected chi connectivity index (χ0v) is 24.2. The predicted molar refractivity (Wildman–Crippen MR) is 179 cm³/mol. The molecule has 2 nitrogen and oxygen atoms in total. The molecule has 200 valence electrons. The molecule has 0 aliphatic carbocycles. The second kappa shape index (κ2) is 8.58. The van der Waals surface area contributed by atoms with Crippen molar-refractivity contribution in [3.8, 4) is 11.1 Å². The molecule has 2 aromatic heterocycles. The van der Waals surface area contributed by atoms with Crippen LogP contribution in [0.3, 0.4) is 0 Å². The molecule has 0 radical (unpaired) electrons. The fourth-order valence-corrected chi connectivity index (χ4v) is 8.22. The first-order valence-corrected chi connectivity index (χ1v) is 15.3. The number of furan rings is 1. The summed E-state index contributed by atoms with van der Waals surface area (Å²) in [5.74, 6) is 0. The van der Waals surface area contributed by atoms with E-state index < -0.39 is 0 Å². The van der Waals surface area contributed by atoms with Gasteiger partial charge in [0.05, 0.1) is 11.4 Å². The first-order chi connectivity index (χ1) is 20.6. The number of thiophene rings is 1. The standard InChI is InChI=1S/C39H27NOS/c1-39(2)29-15-4-6-17-31(29)40(32-18-7-5-16-30(32)39)25-12-9-11-24(23-25)26-14-10-20-34-36(26)37-35(42-34)22-21-28-27-13-3-8-19-33(27)41-38(28)37/h3-23H,1-2H3. The Bertz CT molecular complexity index is 2310. The molecule has 0 amide bonds. The van der Waals surface area contributed by atoms with Crippen molar-refractivity contribution in [3.05, 3.63) is 139 Å². The highest BCUT2D eigenvalue weighted by molar-refractivity contribution is 7.26. The van der Waals surface area contributed by atoms with Gasteiger partial charge in [0.25, 0.3) is 0 Å². The highest BCUT2D eigenvalue weighted by Crippen LogP contribution is 2.52. The molecule has 42 heavy (non-hydrogen) atoms. The minimum absolute atomic E-state index is 0.0829. The highest BCUT2D eigenvalue weighted by Gasteiger charge is 2.36. The van der Waals surface area contributed by atoms with Crippen LogP contribution in [0.1, 0.15) is 25.0 Å². The lowest BCUT2D eigenvalue weighted by atomic mass is 9.73. The van der Waals surface area contributed by atoms with Crippen molar-refractivity contribution < 1.29 is 4.42 Å². The van der Waals surface area contributed by atoms with Crippen LogP contribution in [-0.2, 0) is 5.41 Å². The van der Waals surface area contributed by atoms with Gasteiger partial charge in [0.2, 0.25) is 0 Å². The Hall–Kier alpha value is -4.86. The van der Waals surface area contributed by atoms with E-state index in [9.17, 15) is 0 Å². The van der Waals surface area contributed by atoms with Gasteiger partial charge in [-0.15, -0.1) is 11.3 Å². The highest BCUT2D eigenvalue weighted by atomic mass is 32.1. The van der Waals surface area contributed by atoms with Gasteiger partial charge in [-0.1, -0.05) is 92.7 Å². The minimum Gasteiger partial charge on any atom is -0.455 e. The van der Waals surface area contributed by atoms with E-state index in [1.54, 1.807) is 0 Å². The van der Waals surface area contributed by atoms with Gasteiger partial charge in [-0.05, 0) is 70.8 Å². The van der Waals surface area contributed by atoms with Crippen molar-refractivity contribution in [2.75, 3.05) is 4.90 Å². The number of para-hydroxylation sites is 3. The third kappa shape index (κ3) is 3.20. The number of nitrogens with zero attached hydrogens (tertiary/aromatic N) is 1. The minimum atomic E-state index is -0.0829.